The van der Waals surface area contributed by atoms with Crippen LogP contribution < -0.4 is 5.73 Å². The highest BCUT2D eigenvalue weighted by atomic mass is 32.2. The number of nitrogen functional groups attached to an aromatic ring is 1. The van der Waals surface area contributed by atoms with E-state index in [-0.39, 0.29) is 0 Å². The summed E-state index contributed by atoms with van der Waals surface area (Å²) in [5, 5.41) is 0. The van der Waals surface area contributed by atoms with Crippen molar-refractivity contribution in [2.45, 2.75) is 31.6 Å². The van der Waals surface area contributed by atoms with Gasteiger partial charge in [0.15, 0.2) is 0 Å². The lowest BCUT2D eigenvalue weighted by molar-refractivity contribution is 0.452. The van der Waals surface area contributed by atoms with Crippen LogP contribution in [-0.2, 0) is 10.0 Å². The zero-order valence-electron chi connectivity index (χ0n) is 10.9. The second kappa shape index (κ2) is 4.90. The molecule has 0 spiro atoms. The molecule has 1 aromatic rings. The van der Waals surface area contributed by atoms with Crippen LogP contribution >= 0.6 is 0 Å². The van der Waals surface area contributed by atoms with Gasteiger partial charge in [-0.2, -0.15) is 4.31 Å². The molecule has 0 saturated carbocycles. The third kappa shape index (κ3) is 2.37. The Morgan fingerprint density at radius 2 is 2.17 bits per heavy atom. The molecule has 0 aromatic heterocycles. The van der Waals surface area contributed by atoms with E-state index in [0.717, 1.165) is 18.4 Å². The lowest BCUT2D eigenvalue weighted by atomic mass is 10.1. The van der Waals surface area contributed by atoms with Gasteiger partial charge in [0, 0.05) is 18.8 Å². The Balaban J connectivity index is 2.34. The highest BCUT2D eigenvalue weighted by Crippen LogP contribution is 2.28. The lowest BCUT2D eigenvalue weighted by Gasteiger charge is -2.18. The Hall–Kier alpha value is -1.07. The molecule has 1 unspecified atom stereocenters. The number of nitrogens with two attached hydrogens (primary N) is 1. The number of sulfonamides is 1. The molecule has 0 aliphatic carbocycles. The van der Waals surface area contributed by atoms with Gasteiger partial charge in [0.25, 0.3) is 0 Å². The summed E-state index contributed by atoms with van der Waals surface area (Å²) >= 11 is 0. The molecular formula is C13H20N2O2S. The van der Waals surface area contributed by atoms with E-state index < -0.39 is 10.0 Å². The summed E-state index contributed by atoms with van der Waals surface area (Å²) in [6, 6.07) is 5.05. The molecule has 2 rings (SSSR count). The normalized spacial score (nSPS) is 21.3. The van der Waals surface area contributed by atoms with Crippen LogP contribution in [0.15, 0.2) is 23.1 Å². The van der Waals surface area contributed by atoms with Gasteiger partial charge in [0.2, 0.25) is 10.0 Å². The molecule has 18 heavy (non-hydrogen) atoms. The summed E-state index contributed by atoms with van der Waals surface area (Å²) in [6.07, 6.45) is 1.99. The van der Waals surface area contributed by atoms with Gasteiger partial charge in [-0.3, -0.25) is 0 Å². The molecule has 0 radical (unpaired) electrons. The van der Waals surface area contributed by atoms with Gasteiger partial charge < -0.3 is 5.73 Å². The van der Waals surface area contributed by atoms with E-state index in [0.29, 0.717) is 29.6 Å². The highest BCUT2D eigenvalue weighted by molar-refractivity contribution is 7.89. The largest absolute Gasteiger partial charge is 0.399 e. The van der Waals surface area contributed by atoms with Crippen LogP contribution in [0.3, 0.4) is 0 Å². The average Bonchev–Trinajstić information content (AvgIpc) is 2.81. The van der Waals surface area contributed by atoms with Crippen molar-refractivity contribution >= 4 is 15.7 Å². The first-order valence-corrected chi connectivity index (χ1v) is 7.75. The number of hydrogen-bond acceptors (Lipinski definition) is 3. The molecule has 2 N–H and O–H groups in total. The smallest absolute Gasteiger partial charge is 0.243 e. The third-order valence-corrected chi connectivity index (χ3v) is 5.66. The fraction of sp³-hybridized carbons (Fsp3) is 0.538. The zero-order valence-corrected chi connectivity index (χ0v) is 11.7. The Bertz CT molecular complexity index is 540. The van der Waals surface area contributed by atoms with Crippen molar-refractivity contribution in [2.24, 2.45) is 5.92 Å². The van der Waals surface area contributed by atoms with Crippen LogP contribution in [-0.4, -0.2) is 25.8 Å². The molecule has 4 nitrogen and oxygen atoms in total. The van der Waals surface area contributed by atoms with Gasteiger partial charge in [-0.05, 0) is 37.0 Å². The van der Waals surface area contributed by atoms with E-state index in [2.05, 4.69) is 6.92 Å². The maximum atomic E-state index is 12.5. The molecule has 1 fully saturated rings. The SMILES string of the molecule is CCC1CCN(S(=O)(=O)c2cc(N)ccc2C)C1. The summed E-state index contributed by atoms with van der Waals surface area (Å²) in [5.74, 6) is 0.487. The van der Waals surface area contributed by atoms with E-state index in [1.165, 1.54) is 0 Å². The van der Waals surface area contributed by atoms with Crippen molar-refractivity contribution in [3.05, 3.63) is 23.8 Å². The lowest BCUT2D eigenvalue weighted by Crippen LogP contribution is -2.29. The fourth-order valence-electron chi connectivity index (χ4n) is 2.38. The molecule has 1 aliphatic rings. The monoisotopic (exact) mass is 268 g/mol. The van der Waals surface area contributed by atoms with Gasteiger partial charge in [-0.25, -0.2) is 8.42 Å². The summed E-state index contributed by atoms with van der Waals surface area (Å²) in [7, 11) is -3.38. The Labute approximate surface area is 109 Å². The highest BCUT2D eigenvalue weighted by Gasteiger charge is 2.32. The van der Waals surface area contributed by atoms with E-state index in [4.69, 9.17) is 5.73 Å². The molecular weight excluding hydrogens is 248 g/mol. The minimum absolute atomic E-state index is 0.347. The molecule has 1 atom stereocenters. The average molecular weight is 268 g/mol. The second-order valence-corrected chi connectivity index (χ2v) is 6.86. The van der Waals surface area contributed by atoms with Crippen molar-refractivity contribution in [3.63, 3.8) is 0 Å². The molecule has 1 aliphatic heterocycles. The first-order valence-electron chi connectivity index (χ1n) is 6.31. The van der Waals surface area contributed by atoms with Crippen LogP contribution in [0.25, 0.3) is 0 Å². The first-order chi connectivity index (χ1) is 8.45. The fourth-order valence-corrected chi connectivity index (χ4v) is 4.17. The molecule has 0 amide bonds. The van der Waals surface area contributed by atoms with Gasteiger partial charge in [0.1, 0.15) is 0 Å². The summed E-state index contributed by atoms with van der Waals surface area (Å²) in [6.45, 7) is 5.16. The maximum absolute atomic E-state index is 12.5. The molecule has 1 saturated heterocycles. The van der Waals surface area contributed by atoms with Crippen molar-refractivity contribution < 1.29 is 8.42 Å². The van der Waals surface area contributed by atoms with Crippen LogP contribution in [0.5, 0.6) is 0 Å². The maximum Gasteiger partial charge on any atom is 0.243 e. The number of nitrogens with zero attached hydrogens (tertiary/aromatic N) is 1. The Morgan fingerprint density at radius 3 is 2.78 bits per heavy atom. The van der Waals surface area contributed by atoms with E-state index in [1.54, 1.807) is 29.4 Å². The quantitative estimate of drug-likeness (QED) is 0.853. The number of rotatable bonds is 3. The molecule has 5 heteroatoms. The number of benzene rings is 1. The zero-order chi connectivity index (χ0) is 13.3. The predicted molar refractivity (Wildman–Crippen MR) is 72.7 cm³/mol. The first kappa shape index (κ1) is 13.4. The molecule has 0 bridgehead atoms. The summed E-state index contributed by atoms with van der Waals surface area (Å²) in [5.41, 5.74) is 6.94. The summed E-state index contributed by atoms with van der Waals surface area (Å²) in [4.78, 5) is 0.347. The molecule has 1 aromatic carbocycles. The van der Waals surface area contributed by atoms with Crippen molar-refractivity contribution in [2.75, 3.05) is 18.8 Å². The number of aryl methyl sites for hydroxylation is 1. The van der Waals surface area contributed by atoms with Crippen LogP contribution in [0.2, 0.25) is 0 Å². The van der Waals surface area contributed by atoms with Gasteiger partial charge in [0.05, 0.1) is 4.90 Å². The van der Waals surface area contributed by atoms with E-state index in [9.17, 15) is 8.42 Å². The minimum Gasteiger partial charge on any atom is -0.399 e. The van der Waals surface area contributed by atoms with Crippen molar-refractivity contribution in [1.29, 1.82) is 0 Å². The Morgan fingerprint density at radius 1 is 1.44 bits per heavy atom. The van der Waals surface area contributed by atoms with Crippen LogP contribution in [0.4, 0.5) is 5.69 Å². The topological polar surface area (TPSA) is 63.4 Å². The van der Waals surface area contributed by atoms with Crippen LogP contribution in [0, 0.1) is 12.8 Å². The van der Waals surface area contributed by atoms with Crippen molar-refractivity contribution in [1.82, 2.24) is 4.31 Å². The Kier molecular flexibility index (Phi) is 3.64. The van der Waals surface area contributed by atoms with Gasteiger partial charge in [-0.1, -0.05) is 19.4 Å². The van der Waals surface area contributed by atoms with Crippen LogP contribution in [0.1, 0.15) is 25.3 Å². The second-order valence-electron chi connectivity index (χ2n) is 4.95. The van der Waals surface area contributed by atoms with E-state index in [1.807, 2.05) is 0 Å². The molecule has 100 valence electrons. The van der Waals surface area contributed by atoms with E-state index >= 15 is 0 Å². The van der Waals surface area contributed by atoms with Crippen molar-refractivity contribution in [3.8, 4) is 0 Å². The van der Waals surface area contributed by atoms with Gasteiger partial charge >= 0.3 is 0 Å². The number of hydrogen-bond donors (Lipinski definition) is 1. The predicted octanol–water partition coefficient (Wildman–Crippen LogP) is 2.00. The number of anilines is 1. The standard InChI is InChI=1S/C13H20N2O2S/c1-3-11-6-7-15(9-11)18(16,17)13-8-12(14)5-4-10(13)2/h4-5,8,11H,3,6-7,9,14H2,1-2H3. The molecule has 1 heterocycles. The summed E-state index contributed by atoms with van der Waals surface area (Å²) < 4.78 is 26.7. The van der Waals surface area contributed by atoms with Gasteiger partial charge in [-0.15, -0.1) is 0 Å². The third-order valence-electron chi connectivity index (χ3n) is 3.66. The minimum atomic E-state index is -3.38.